The van der Waals surface area contributed by atoms with Gasteiger partial charge in [-0.2, -0.15) is 26.3 Å². The molecule has 0 fully saturated rings. The summed E-state index contributed by atoms with van der Waals surface area (Å²) >= 11 is 3.90. The van der Waals surface area contributed by atoms with Crippen LogP contribution in [0.2, 0.25) is 0 Å². The van der Waals surface area contributed by atoms with Gasteiger partial charge in [-0.25, -0.2) is 0 Å². The molecule has 0 aliphatic rings. The van der Waals surface area contributed by atoms with E-state index in [9.17, 15) is 35.9 Å². The van der Waals surface area contributed by atoms with Crippen molar-refractivity contribution >= 4 is 56.7 Å². The van der Waals surface area contributed by atoms with Crippen molar-refractivity contribution < 1.29 is 35.9 Å². The Hall–Kier alpha value is -1.18. The zero-order valence-corrected chi connectivity index (χ0v) is 16.8. The average Bonchev–Trinajstić information content (AvgIpc) is 2.54. The second-order valence-corrected chi connectivity index (χ2v) is 7.16. The summed E-state index contributed by atoms with van der Waals surface area (Å²) in [5.41, 5.74) is -0.652. The molecule has 0 saturated carbocycles. The summed E-state index contributed by atoms with van der Waals surface area (Å²) < 4.78 is 72.9. The quantitative estimate of drug-likeness (QED) is 0.239. The van der Waals surface area contributed by atoms with Crippen LogP contribution in [0.3, 0.4) is 0 Å². The van der Waals surface area contributed by atoms with Gasteiger partial charge >= 0.3 is 12.4 Å². The van der Waals surface area contributed by atoms with E-state index in [4.69, 9.17) is 0 Å². The van der Waals surface area contributed by atoms with Gasteiger partial charge in [-0.15, -0.1) is 0 Å². The molecule has 0 unspecified atom stereocenters. The van der Waals surface area contributed by atoms with E-state index in [0.29, 0.717) is 0 Å². The van der Waals surface area contributed by atoms with Gasteiger partial charge in [0.05, 0.1) is 0 Å². The Balaban J connectivity index is 0.000000260. The number of halogens is 8. The van der Waals surface area contributed by atoms with Crippen molar-refractivity contribution in [2.45, 2.75) is 12.4 Å². The van der Waals surface area contributed by atoms with Crippen molar-refractivity contribution in [3.8, 4) is 0 Å². The summed E-state index contributed by atoms with van der Waals surface area (Å²) in [6.45, 7) is 0. The van der Waals surface area contributed by atoms with Gasteiger partial charge in [-0.3, -0.25) is 9.59 Å². The van der Waals surface area contributed by atoms with Gasteiger partial charge < -0.3 is 0 Å². The first kappa shape index (κ1) is 22.9. The fourth-order valence-corrected chi connectivity index (χ4v) is 2.25. The van der Waals surface area contributed by atoms with Crippen LogP contribution in [0.5, 0.6) is 0 Å². The van der Waals surface area contributed by atoms with E-state index >= 15 is 0 Å². The Kier molecular flexibility index (Phi) is 8.04. The fourth-order valence-electron chi connectivity index (χ4n) is 1.53. The van der Waals surface area contributed by atoms with E-state index in [1.54, 1.807) is 0 Å². The number of benzene rings is 2. The van der Waals surface area contributed by atoms with E-state index in [2.05, 4.69) is 0 Å². The average molecular weight is 600 g/mol. The lowest BCUT2D eigenvalue weighted by Crippen LogP contribution is -2.22. The van der Waals surface area contributed by atoms with Crippen LogP contribution < -0.4 is 0 Å². The number of rotatable bonds is 2. The van der Waals surface area contributed by atoms with E-state index in [0.717, 1.165) is 31.4 Å². The smallest absolute Gasteiger partial charge is 0.284 e. The lowest BCUT2D eigenvalue weighted by molar-refractivity contribution is -0.0888. The van der Waals surface area contributed by atoms with E-state index in [-0.39, 0.29) is 11.1 Å². The first-order valence-corrected chi connectivity index (χ1v) is 8.72. The summed E-state index contributed by atoms with van der Waals surface area (Å²) in [6, 6.07) is 10.5. The normalized spacial score (nSPS) is 11.4. The van der Waals surface area contributed by atoms with Crippen LogP contribution in [-0.4, -0.2) is 23.9 Å². The summed E-state index contributed by atoms with van der Waals surface area (Å²) in [7, 11) is 0. The third-order valence-electron chi connectivity index (χ3n) is 2.73. The minimum atomic E-state index is -4.78. The highest BCUT2D eigenvalue weighted by Crippen LogP contribution is 2.22. The lowest BCUT2D eigenvalue weighted by Gasteiger charge is -2.04. The monoisotopic (exact) mass is 600 g/mol. The molecule has 2 aromatic rings. The molecule has 0 N–H and O–H groups in total. The molecule has 2 rings (SSSR count). The maximum Gasteiger partial charge on any atom is 0.454 e. The minimum absolute atomic E-state index is 0.326. The van der Waals surface area contributed by atoms with Gasteiger partial charge in [0.1, 0.15) is 0 Å². The van der Waals surface area contributed by atoms with E-state index in [1.807, 2.05) is 45.2 Å². The number of ketones is 2. The van der Waals surface area contributed by atoms with Crippen LogP contribution >= 0.6 is 45.2 Å². The van der Waals surface area contributed by atoms with Gasteiger partial charge in [0.2, 0.25) is 0 Å². The zero-order chi connectivity index (χ0) is 20.1. The molecule has 0 aliphatic heterocycles. The number of carbonyl (C=O) groups excluding carboxylic acids is 2. The van der Waals surface area contributed by atoms with Gasteiger partial charge in [0.15, 0.2) is 0 Å². The van der Waals surface area contributed by atoms with Gasteiger partial charge in [-0.05, 0) is 69.4 Å². The van der Waals surface area contributed by atoms with Crippen molar-refractivity contribution in [2.24, 2.45) is 0 Å². The maximum atomic E-state index is 11.9. The minimum Gasteiger partial charge on any atom is -0.284 e. The molecule has 140 valence electrons. The Bertz CT molecular complexity index is 698. The Morgan fingerprint density at radius 1 is 0.577 bits per heavy atom. The fraction of sp³-hybridized carbons (Fsp3) is 0.125. The van der Waals surface area contributed by atoms with E-state index in [1.165, 1.54) is 24.3 Å². The Morgan fingerprint density at radius 3 is 1.00 bits per heavy atom. The summed E-state index contributed by atoms with van der Waals surface area (Å²) in [6.07, 6.45) is -9.57. The molecule has 2 nitrogen and oxygen atoms in total. The first-order chi connectivity index (χ1) is 11.8. The summed E-state index contributed by atoms with van der Waals surface area (Å²) in [5.74, 6) is -3.60. The third-order valence-corrected chi connectivity index (χ3v) is 4.17. The molecule has 0 spiro atoms. The molecule has 10 heteroatoms. The topological polar surface area (TPSA) is 34.1 Å². The highest BCUT2D eigenvalue weighted by molar-refractivity contribution is 14.1. The van der Waals surface area contributed by atoms with Crippen LogP contribution in [0, 0.1) is 7.14 Å². The highest BCUT2D eigenvalue weighted by Gasteiger charge is 2.39. The largest absolute Gasteiger partial charge is 0.454 e. The number of Topliss-reactive ketones (excluding diaryl/α,β-unsaturated/α-hetero) is 2. The van der Waals surface area contributed by atoms with Crippen LogP contribution in [0.1, 0.15) is 20.7 Å². The van der Waals surface area contributed by atoms with Gasteiger partial charge in [-0.1, -0.05) is 24.3 Å². The molecule has 2 aromatic carbocycles. The predicted octanol–water partition coefficient (Wildman–Crippen LogP) is 6.07. The number of alkyl halides is 6. The second kappa shape index (κ2) is 9.15. The molecule has 26 heavy (non-hydrogen) atoms. The Morgan fingerprint density at radius 2 is 0.808 bits per heavy atom. The van der Waals surface area contributed by atoms with Crippen LogP contribution in [0.4, 0.5) is 26.3 Å². The third kappa shape index (κ3) is 7.21. The molecule has 0 amide bonds. The van der Waals surface area contributed by atoms with Crippen LogP contribution in [0.25, 0.3) is 0 Å². The molecule has 0 radical (unpaired) electrons. The second-order valence-electron chi connectivity index (χ2n) is 4.67. The number of hydrogen-bond donors (Lipinski definition) is 0. The first-order valence-electron chi connectivity index (χ1n) is 6.56. The lowest BCUT2D eigenvalue weighted by atomic mass is 10.1. The van der Waals surface area contributed by atoms with Crippen LogP contribution in [0.15, 0.2) is 48.5 Å². The van der Waals surface area contributed by atoms with Gasteiger partial charge in [0.25, 0.3) is 11.6 Å². The van der Waals surface area contributed by atoms with E-state index < -0.39 is 23.9 Å². The van der Waals surface area contributed by atoms with Crippen molar-refractivity contribution in [3.63, 3.8) is 0 Å². The zero-order valence-electron chi connectivity index (χ0n) is 12.5. The number of hydrogen-bond acceptors (Lipinski definition) is 2. The van der Waals surface area contributed by atoms with Crippen molar-refractivity contribution in [2.75, 3.05) is 0 Å². The number of carbonyl (C=O) groups is 2. The highest BCUT2D eigenvalue weighted by atomic mass is 127. The molecule has 0 aromatic heterocycles. The molecular weight excluding hydrogens is 592 g/mol. The Labute approximate surface area is 171 Å². The molecule has 0 aliphatic carbocycles. The summed E-state index contributed by atoms with van der Waals surface area (Å²) in [4.78, 5) is 21.3. The maximum absolute atomic E-state index is 11.9. The van der Waals surface area contributed by atoms with Crippen molar-refractivity contribution in [1.82, 2.24) is 0 Å². The molecule has 0 heterocycles. The molecule has 0 atom stereocenters. The van der Waals surface area contributed by atoms with Crippen LogP contribution in [-0.2, 0) is 0 Å². The predicted molar refractivity (Wildman–Crippen MR) is 99.1 cm³/mol. The molecule has 0 bridgehead atoms. The summed E-state index contributed by atoms with van der Waals surface area (Å²) in [5, 5.41) is 0. The molecular formula is C16H8F6I2O2. The molecule has 0 saturated heterocycles. The SMILES string of the molecule is O=C(c1ccc(I)cc1)C(F)(F)F.O=C(c1ccc(I)cc1)C(F)(F)F. The van der Waals surface area contributed by atoms with Crippen molar-refractivity contribution in [1.29, 1.82) is 0 Å². The van der Waals surface area contributed by atoms with Crippen molar-refractivity contribution in [3.05, 3.63) is 66.8 Å². The standard InChI is InChI=1S/2C8H4F3IO/c2*9-8(10,11)7(13)5-1-3-6(12)4-2-5/h2*1-4H. The van der Waals surface area contributed by atoms with Gasteiger partial charge in [0, 0.05) is 18.3 Å².